The maximum Gasteiger partial charge on any atom is 0.122 e. The summed E-state index contributed by atoms with van der Waals surface area (Å²) in [7, 11) is 1.68. The highest BCUT2D eigenvalue weighted by Gasteiger charge is 2.02. The predicted molar refractivity (Wildman–Crippen MR) is 78.8 cm³/mol. The van der Waals surface area contributed by atoms with Crippen molar-refractivity contribution in [3.63, 3.8) is 0 Å². The van der Waals surface area contributed by atoms with Gasteiger partial charge in [-0.2, -0.15) is 0 Å². The molecule has 1 N–H and O–H groups in total. The molecule has 1 aromatic carbocycles. The van der Waals surface area contributed by atoms with Crippen LogP contribution in [0.25, 0.3) is 0 Å². The quantitative estimate of drug-likeness (QED) is 0.907. The van der Waals surface area contributed by atoms with Gasteiger partial charge in [0.25, 0.3) is 0 Å². The molecule has 100 valence electrons. The molecular formula is C16H20N2O. The zero-order chi connectivity index (χ0) is 13.8. The van der Waals surface area contributed by atoms with Gasteiger partial charge in [0.05, 0.1) is 19.3 Å². The van der Waals surface area contributed by atoms with Crippen LogP contribution in [-0.2, 0) is 6.54 Å². The Bertz CT molecular complexity index is 579. The highest BCUT2D eigenvalue weighted by molar-refractivity contribution is 5.52. The fourth-order valence-electron chi connectivity index (χ4n) is 2.02. The molecule has 1 heterocycles. The Kier molecular flexibility index (Phi) is 4.05. The summed E-state index contributed by atoms with van der Waals surface area (Å²) in [6.07, 6.45) is 0. The van der Waals surface area contributed by atoms with Gasteiger partial charge in [0, 0.05) is 23.5 Å². The summed E-state index contributed by atoms with van der Waals surface area (Å²) in [6, 6.07) is 10.3. The zero-order valence-electron chi connectivity index (χ0n) is 11.9. The second-order valence-electron chi connectivity index (χ2n) is 4.81. The summed E-state index contributed by atoms with van der Waals surface area (Å²) < 4.78 is 5.26. The monoisotopic (exact) mass is 256 g/mol. The van der Waals surface area contributed by atoms with E-state index in [1.165, 1.54) is 11.1 Å². The van der Waals surface area contributed by atoms with Crippen molar-refractivity contribution in [1.29, 1.82) is 0 Å². The average Bonchev–Trinajstić information content (AvgIpc) is 2.39. The van der Waals surface area contributed by atoms with E-state index >= 15 is 0 Å². The molecule has 0 aliphatic rings. The van der Waals surface area contributed by atoms with Crippen LogP contribution in [0.1, 0.15) is 22.5 Å². The van der Waals surface area contributed by atoms with Gasteiger partial charge in [0.2, 0.25) is 0 Å². The molecule has 0 spiro atoms. The first-order chi connectivity index (χ1) is 9.08. The van der Waals surface area contributed by atoms with E-state index in [1.807, 2.05) is 19.1 Å². The van der Waals surface area contributed by atoms with Gasteiger partial charge in [-0.3, -0.25) is 4.98 Å². The molecule has 0 amide bonds. The number of hydrogen-bond acceptors (Lipinski definition) is 3. The third-order valence-electron chi connectivity index (χ3n) is 3.07. The van der Waals surface area contributed by atoms with Gasteiger partial charge < -0.3 is 10.1 Å². The van der Waals surface area contributed by atoms with Crippen molar-refractivity contribution in [3.05, 3.63) is 52.8 Å². The number of rotatable bonds is 4. The van der Waals surface area contributed by atoms with Crippen LogP contribution in [-0.4, -0.2) is 12.1 Å². The molecule has 2 rings (SSSR count). The SMILES string of the molecule is COc1cc(C)nc(CNc2cc(C)ccc2C)c1. The van der Waals surface area contributed by atoms with Crippen LogP contribution in [0.3, 0.4) is 0 Å². The Balaban J connectivity index is 2.14. The minimum absolute atomic E-state index is 0.697. The minimum atomic E-state index is 0.697. The van der Waals surface area contributed by atoms with Crippen LogP contribution in [0.4, 0.5) is 5.69 Å². The smallest absolute Gasteiger partial charge is 0.122 e. The number of nitrogens with zero attached hydrogens (tertiary/aromatic N) is 1. The van der Waals surface area contributed by atoms with E-state index in [0.29, 0.717) is 6.54 Å². The summed E-state index contributed by atoms with van der Waals surface area (Å²) in [6.45, 7) is 6.87. The van der Waals surface area contributed by atoms with Crippen molar-refractivity contribution >= 4 is 5.69 Å². The van der Waals surface area contributed by atoms with Crippen LogP contribution in [0.2, 0.25) is 0 Å². The maximum absolute atomic E-state index is 5.26. The number of pyridine rings is 1. The van der Waals surface area contributed by atoms with E-state index in [4.69, 9.17) is 4.74 Å². The standard InChI is InChI=1S/C16H20N2O/c1-11-5-6-12(2)16(7-11)17-10-14-9-15(19-4)8-13(3)18-14/h5-9,17H,10H2,1-4H3. The van der Waals surface area contributed by atoms with Gasteiger partial charge in [-0.05, 0) is 38.0 Å². The summed E-state index contributed by atoms with van der Waals surface area (Å²) in [5.74, 6) is 0.852. The number of ether oxygens (including phenoxy) is 1. The van der Waals surface area contributed by atoms with Gasteiger partial charge in [0.1, 0.15) is 5.75 Å². The molecule has 2 aromatic rings. The number of anilines is 1. The topological polar surface area (TPSA) is 34.1 Å². The van der Waals surface area contributed by atoms with Crippen LogP contribution < -0.4 is 10.1 Å². The fourth-order valence-corrected chi connectivity index (χ4v) is 2.02. The predicted octanol–water partition coefficient (Wildman–Crippen LogP) is 3.63. The highest BCUT2D eigenvalue weighted by atomic mass is 16.5. The molecule has 19 heavy (non-hydrogen) atoms. The van der Waals surface area contributed by atoms with Gasteiger partial charge in [-0.1, -0.05) is 12.1 Å². The lowest BCUT2D eigenvalue weighted by Gasteiger charge is -2.11. The largest absolute Gasteiger partial charge is 0.497 e. The molecule has 0 saturated heterocycles. The first-order valence-electron chi connectivity index (χ1n) is 6.41. The third-order valence-corrected chi connectivity index (χ3v) is 3.07. The molecule has 0 unspecified atom stereocenters. The fraction of sp³-hybridized carbons (Fsp3) is 0.312. The highest BCUT2D eigenvalue weighted by Crippen LogP contribution is 2.18. The summed E-state index contributed by atoms with van der Waals surface area (Å²) >= 11 is 0. The number of nitrogens with one attached hydrogen (secondary N) is 1. The van der Waals surface area contributed by atoms with Crippen molar-refractivity contribution in [2.45, 2.75) is 27.3 Å². The lowest BCUT2D eigenvalue weighted by atomic mass is 10.1. The number of hydrogen-bond donors (Lipinski definition) is 1. The molecule has 0 fully saturated rings. The summed E-state index contributed by atoms with van der Waals surface area (Å²) in [4.78, 5) is 4.51. The Labute approximate surface area is 114 Å². The van der Waals surface area contributed by atoms with E-state index in [2.05, 4.69) is 42.3 Å². The molecule has 1 aromatic heterocycles. The summed E-state index contributed by atoms with van der Waals surface area (Å²) in [5, 5.41) is 3.43. The molecule has 0 bridgehead atoms. The number of aryl methyl sites for hydroxylation is 3. The molecule has 0 saturated carbocycles. The molecule has 3 nitrogen and oxygen atoms in total. The summed E-state index contributed by atoms with van der Waals surface area (Å²) in [5.41, 5.74) is 5.60. The van der Waals surface area contributed by atoms with Gasteiger partial charge in [-0.25, -0.2) is 0 Å². The minimum Gasteiger partial charge on any atom is -0.497 e. The molecule has 0 radical (unpaired) electrons. The number of methoxy groups -OCH3 is 1. The van der Waals surface area contributed by atoms with Crippen LogP contribution in [0, 0.1) is 20.8 Å². The van der Waals surface area contributed by atoms with E-state index in [0.717, 1.165) is 22.8 Å². The van der Waals surface area contributed by atoms with Gasteiger partial charge in [0.15, 0.2) is 0 Å². The van der Waals surface area contributed by atoms with Gasteiger partial charge in [-0.15, -0.1) is 0 Å². The Hall–Kier alpha value is -2.03. The molecule has 0 atom stereocenters. The van der Waals surface area contributed by atoms with Crippen molar-refractivity contribution in [1.82, 2.24) is 4.98 Å². The average molecular weight is 256 g/mol. The van der Waals surface area contributed by atoms with Crippen molar-refractivity contribution in [2.75, 3.05) is 12.4 Å². The van der Waals surface area contributed by atoms with Crippen molar-refractivity contribution in [3.8, 4) is 5.75 Å². The van der Waals surface area contributed by atoms with Crippen LogP contribution in [0.15, 0.2) is 30.3 Å². The van der Waals surface area contributed by atoms with Crippen LogP contribution >= 0.6 is 0 Å². The Morgan fingerprint density at radius 2 is 1.89 bits per heavy atom. The molecular weight excluding hydrogens is 236 g/mol. The van der Waals surface area contributed by atoms with Crippen molar-refractivity contribution in [2.24, 2.45) is 0 Å². The lowest BCUT2D eigenvalue weighted by Crippen LogP contribution is -2.04. The van der Waals surface area contributed by atoms with E-state index in [9.17, 15) is 0 Å². The normalized spacial score (nSPS) is 10.3. The third kappa shape index (κ3) is 3.47. The molecule has 3 heteroatoms. The van der Waals surface area contributed by atoms with E-state index < -0.39 is 0 Å². The number of benzene rings is 1. The second-order valence-corrected chi connectivity index (χ2v) is 4.81. The van der Waals surface area contributed by atoms with E-state index in [-0.39, 0.29) is 0 Å². The van der Waals surface area contributed by atoms with Crippen LogP contribution in [0.5, 0.6) is 5.75 Å². The van der Waals surface area contributed by atoms with E-state index in [1.54, 1.807) is 7.11 Å². The Morgan fingerprint density at radius 1 is 1.11 bits per heavy atom. The molecule has 0 aliphatic carbocycles. The first kappa shape index (κ1) is 13.4. The van der Waals surface area contributed by atoms with Gasteiger partial charge >= 0.3 is 0 Å². The second kappa shape index (κ2) is 5.74. The number of aromatic nitrogens is 1. The van der Waals surface area contributed by atoms with Crippen molar-refractivity contribution < 1.29 is 4.74 Å². The zero-order valence-corrected chi connectivity index (χ0v) is 11.9. The first-order valence-corrected chi connectivity index (χ1v) is 6.41. The maximum atomic E-state index is 5.26. The Morgan fingerprint density at radius 3 is 2.63 bits per heavy atom. The lowest BCUT2D eigenvalue weighted by molar-refractivity contribution is 0.413. The molecule has 0 aliphatic heterocycles.